The van der Waals surface area contributed by atoms with E-state index in [0.29, 0.717) is 33.9 Å². The Bertz CT molecular complexity index is 4180. The molecule has 0 saturated carbocycles. The zero-order chi connectivity index (χ0) is 48.9. The number of rotatable bonds is 7. The van der Waals surface area contributed by atoms with Crippen LogP contribution in [0.4, 0.5) is 11.4 Å². The van der Waals surface area contributed by atoms with Crippen LogP contribution in [0.3, 0.4) is 0 Å². The maximum atomic E-state index is 10.7. The number of nitriles is 3. The molecule has 0 unspecified atom stereocenters. The molecule has 0 N–H and O–H groups in total. The molecule has 0 atom stereocenters. The van der Waals surface area contributed by atoms with Crippen LogP contribution < -0.4 is 0 Å². The Hall–Kier alpha value is -10.8. The quantitative estimate of drug-likeness (QED) is 0.149. The van der Waals surface area contributed by atoms with Gasteiger partial charge in [-0.2, -0.15) is 15.8 Å². The maximum Gasteiger partial charge on any atom is 0.187 e. The highest BCUT2D eigenvalue weighted by molar-refractivity contribution is 6.13. The minimum absolute atomic E-state index is 0.521. The molecule has 8 heteroatoms. The van der Waals surface area contributed by atoms with Crippen molar-refractivity contribution in [2.75, 3.05) is 0 Å². The summed E-state index contributed by atoms with van der Waals surface area (Å²) in [6, 6.07) is 72.9. The third-order valence-corrected chi connectivity index (χ3v) is 13.6. The number of fused-ring (bicyclic) bond motifs is 6. The van der Waals surface area contributed by atoms with Crippen LogP contribution in [0, 0.1) is 47.1 Å². The predicted octanol–water partition coefficient (Wildman–Crippen LogP) is 16.3. The fraction of sp³-hybridized carbons (Fsp3) is 0. The van der Waals surface area contributed by atoms with Crippen molar-refractivity contribution in [3.63, 3.8) is 0 Å². The van der Waals surface area contributed by atoms with Crippen molar-refractivity contribution in [3.05, 3.63) is 246 Å². The third-order valence-electron chi connectivity index (χ3n) is 13.6. The summed E-state index contributed by atoms with van der Waals surface area (Å²) in [7, 11) is 0. The van der Waals surface area contributed by atoms with Gasteiger partial charge in [0.1, 0.15) is 5.82 Å². The third kappa shape index (κ3) is 7.17. The second kappa shape index (κ2) is 17.4. The summed E-state index contributed by atoms with van der Waals surface area (Å²) >= 11 is 0. The summed E-state index contributed by atoms with van der Waals surface area (Å²) in [4.78, 5) is 12.6. The van der Waals surface area contributed by atoms with E-state index in [9.17, 15) is 15.8 Å². The Labute approximate surface area is 414 Å². The summed E-state index contributed by atoms with van der Waals surface area (Å²) in [5.74, 6) is 0.663. The van der Waals surface area contributed by atoms with Crippen LogP contribution in [0.2, 0.25) is 0 Å². The summed E-state index contributed by atoms with van der Waals surface area (Å²) in [5.41, 5.74) is 16.9. The van der Waals surface area contributed by atoms with E-state index in [2.05, 4.69) is 116 Å². The van der Waals surface area contributed by atoms with Crippen LogP contribution in [-0.2, 0) is 0 Å². The van der Waals surface area contributed by atoms with Crippen molar-refractivity contribution in [1.82, 2.24) is 14.1 Å². The average molecular weight is 915 g/mol. The molecule has 0 bridgehead atoms. The van der Waals surface area contributed by atoms with Crippen LogP contribution >= 0.6 is 0 Å². The lowest BCUT2D eigenvalue weighted by atomic mass is 9.99. The van der Waals surface area contributed by atoms with Crippen molar-refractivity contribution in [2.24, 2.45) is 0 Å². The van der Waals surface area contributed by atoms with Gasteiger partial charge in [-0.1, -0.05) is 115 Å². The van der Waals surface area contributed by atoms with Gasteiger partial charge in [-0.15, -0.1) is 0 Å². The van der Waals surface area contributed by atoms with Crippen molar-refractivity contribution in [1.29, 1.82) is 15.8 Å². The van der Waals surface area contributed by atoms with E-state index in [-0.39, 0.29) is 0 Å². The lowest BCUT2D eigenvalue weighted by Crippen LogP contribution is -2.04. The molecule has 72 heavy (non-hydrogen) atoms. The molecule has 12 aromatic rings. The molecule has 0 aliphatic rings. The first-order chi connectivity index (χ1) is 35.4. The fourth-order valence-corrected chi connectivity index (χ4v) is 9.97. The number of hydrogen-bond donors (Lipinski definition) is 0. The zero-order valence-electron chi connectivity index (χ0n) is 38.2. The molecule has 0 fully saturated rings. The first-order valence-electron chi connectivity index (χ1n) is 23.1. The van der Waals surface area contributed by atoms with Gasteiger partial charge < -0.3 is 4.57 Å². The average Bonchev–Trinajstić information content (AvgIpc) is 3.96. The molecule has 330 valence electrons. The molecule has 0 aliphatic heterocycles. The van der Waals surface area contributed by atoms with Gasteiger partial charge in [-0.3, -0.25) is 4.57 Å². The van der Waals surface area contributed by atoms with Crippen molar-refractivity contribution in [2.45, 2.75) is 0 Å². The Morgan fingerprint density at radius 3 is 1.14 bits per heavy atom. The van der Waals surface area contributed by atoms with E-state index in [1.54, 1.807) is 0 Å². The molecule has 9 aromatic carbocycles. The molecule has 12 rings (SSSR count). The first kappa shape index (κ1) is 42.5. The Morgan fingerprint density at radius 1 is 0.375 bits per heavy atom. The van der Waals surface area contributed by atoms with E-state index < -0.39 is 0 Å². The molecule has 3 heterocycles. The molecule has 0 amide bonds. The lowest BCUT2D eigenvalue weighted by molar-refractivity contribution is 1.06. The lowest BCUT2D eigenvalue weighted by Gasteiger charge is -2.17. The summed E-state index contributed by atoms with van der Waals surface area (Å²) in [6.07, 6.45) is 1.92. The molecule has 8 nitrogen and oxygen atoms in total. The van der Waals surface area contributed by atoms with Gasteiger partial charge in [0.05, 0.1) is 82.0 Å². The second-order valence-electron chi connectivity index (χ2n) is 17.5. The number of aromatic nitrogens is 3. The smallest absolute Gasteiger partial charge is 0.187 e. The predicted molar refractivity (Wildman–Crippen MR) is 287 cm³/mol. The number of pyridine rings is 1. The van der Waals surface area contributed by atoms with E-state index >= 15 is 0 Å². The first-order valence-corrected chi connectivity index (χ1v) is 23.1. The highest BCUT2D eigenvalue weighted by Crippen LogP contribution is 2.43. The van der Waals surface area contributed by atoms with Crippen LogP contribution in [0.25, 0.3) is 120 Å². The van der Waals surface area contributed by atoms with Crippen molar-refractivity contribution in [3.8, 4) is 85.3 Å². The largest absolute Gasteiger partial charge is 0.307 e. The highest BCUT2D eigenvalue weighted by atomic mass is 15.1. The Balaban J connectivity index is 1.11. The van der Waals surface area contributed by atoms with Gasteiger partial charge in [-0.05, 0) is 129 Å². The minimum atomic E-state index is 0.521. The van der Waals surface area contributed by atoms with Crippen molar-refractivity contribution >= 4 is 55.0 Å². The monoisotopic (exact) mass is 914 g/mol. The van der Waals surface area contributed by atoms with Crippen LogP contribution in [0.15, 0.2) is 206 Å². The van der Waals surface area contributed by atoms with E-state index in [1.807, 2.05) is 128 Å². The second-order valence-corrected chi connectivity index (χ2v) is 17.5. The number of benzene rings is 9. The molecule has 0 aliphatic carbocycles. The summed E-state index contributed by atoms with van der Waals surface area (Å²) in [5, 5.41) is 33.8. The number of nitrogens with zero attached hydrogens (tertiary/aromatic N) is 8. The van der Waals surface area contributed by atoms with Gasteiger partial charge in [-0.25, -0.2) is 14.7 Å². The highest BCUT2D eigenvalue weighted by Gasteiger charge is 2.22. The van der Waals surface area contributed by atoms with Gasteiger partial charge in [0.25, 0.3) is 0 Å². The van der Waals surface area contributed by atoms with Crippen LogP contribution in [0.5, 0.6) is 0 Å². The van der Waals surface area contributed by atoms with E-state index in [1.165, 1.54) is 0 Å². The molecular weight excluding hydrogens is 881 g/mol. The number of hydrogen-bond acceptors (Lipinski definition) is 4. The minimum Gasteiger partial charge on any atom is -0.307 e. The van der Waals surface area contributed by atoms with Crippen molar-refractivity contribution < 1.29 is 0 Å². The topological polar surface area (TPSA) is 103 Å². The molecule has 0 saturated heterocycles. The molecular formula is C64H34N8. The summed E-state index contributed by atoms with van der Waals surface area (Å²) < 4.78 is 4.42. The molecule has 0 spiro atoms. The van der Waals surface area contributed by atoms with E-state index in [0.717, 1.165) is 105 Å². The summed E-state index contributed by atoms with van der Waals surface area (Å²) in [6.45, 7) is 15.0. The zero-order valence-corrected chi connectivity index (χ0v) is 38.2. The van der Waals surface area contributed by atoms with Gasteiger partial charge in [0, 0.05) is 32.7 Å². The van der Waals surface area contributed by atoms with Crippen LogP contribution in [-0.4, -0.2) is 14.1 Å². The fourth-order valence-electron chi connectivity index (χ4n) is 9.97. The van der Waals surface area contributed by atoms with Gasteiger partial charge in [0.15, 0.2) is 11.4 Å². The molecule has 3 aromatic heterocycles. The Kier molecular flexibility index (Phi) is 10.3. The normalized spacial score (nSPS) is 11.0. The standard InChI is InChI=1S/C64H34N8/c1-68-51-23-15-44(16-24-51)48-20-28-60-55(32-48)54-31-46(42-11-7-40(36-65)8-12-42)19-27-59(54)71(60)63-39-70-64(35-58(63)53-6-4-3-5-50(53)38-67)72-61-29-21-47(43-13-9-41(37-66)10-14-43)33-56(61)57-34-49(22-30-62(57)72)45-17-25-52(69-2)26-18-45/h3-35,39H. The van der Waals surface area contributed by atoms with Gasteiger partial charge in [0.2, 0.25) is 0 Å². The van der Waals surface area contributed by atoms with E-state index in [4.69, 9.17) is 18.1 Å². The van der Waals surface area contributed by atoms with Gasteiger partial charge >= 0.3 is 0 Å². The van der Waals surface area contributed by atoms with Crippen LogP contribution in [0.1, 0.15) is 16.7 Å². The Morgan fingerprint density at radius 2 is 0.750 bits per heavy atom. The molecule has 0 radical (unpaired) electrons. The SMILES string of the molecule is [C-]#[N+]c1ccc(-c2ccc3c(c2)c2cc(-c4ccc(C#N)cc4)ccc2n3-c2cc(-c3ccccc3C#N)c(-n3c4ccc(-c5ccc(C#N)cc5)cc4c4cc(-c5ccc([N+]#[C-])cc5)ccc43)cn2)cc1. The maximum absolute atomic E-state index is 10.7.